The summed E-state index contributed by atoms with van der Waals surface area (Å²) >= 11 is 6.38. The maximum atomic E-state index is 13.3. The van der Waals surface area contributed by atoms with Crippen LogP contribution in [0.2, 0.25) is 5.02 Å². The predicted molar refractivity (Wildman–Crippen MR) is 128 cm³/mol. The molecule has 1 N–H and O–H groups in total. The van der Waals surface area contributed by atoms with Gasteiger partial charge >= 0.3 is 6.18 Å². The first-order chi connectivity index (χ1) is 17.0. The third-order valence-electron chi connectivity index (χ3n) is 4.58. The molecule has 0 saturated heterocycles. The average Bonchev–Trinajstić information content (AvgIpc) is 2.83. The van der Waals surface area contributed by atoms with Crippen LogP contribution in [0.5, 0.6) is 0 Å². The van der Waals surface area contributed by atoms with Crippen molar-refractivity contribution in [3.63, 3.8) is 0 Å². The van der Waals surface area contributed by atoms with E-state index in [1.54, 1.807) is 13.8 Å². The fraction of sp³-hybridized carbons (Fsp3) is 0.192. The number of nitrogens with one attached hydrogen (secondary N) is 1. The normalized spacial score (nSPS) is 11.6. The van der Waals surface area contributed by atoms with E-state index < -0.39 is 23.2 Å². The SMILES string of the molecule is CC(C)ON=C(CNC(=O)c1ccccc1C(F)(F)F)c1ncc(C#Cc2ccc(F)cc2)cc1Cl. The summed E-state index contributed by atoms with van der Waals surface area (Å²) in [5.41, 5.74) is -0.274. The fourth-order valence-electron chi connectivity index (χ4n) is 2.91. The molecular formula is C26H20ClF4N3O2. The zero-order chi connectivity index (χ0) is 26.3. The van der Waals surface area contributed by atoms with Crippen LogP contribution in [-0.4, -0.2) is 29.3 Å². The lowest BCUT2D eigenvalue weighted by molar-refractivity contribution is -0.137. The van der Waals surface area contributed by atoms with Gasteiger partial charge in [-0.05, 0) is 56.3 Å². The van der Waals surface area contributed by atoms with E-state index in [0.717, 1.165) is 12.1 Å². The number of rotatable bonds is 6. The molecule has 0 bridgehead atoms. The highest BCUT2D eigenvalue weighted by atomic mass is 35.5. The van der Waals surface area contributed by atoms with Gasteiger partial charge in [0.05, 0.1) is 22.7 Å². The summed E-state index contributed by atoms with van der Waals surface area (Å²) in [6.45, 7) is 3.15. The summed E-state index contributed by atoms with van der Waals surface area (Å²) in [6.07, 6.45) is -3.59. The van der Waals surface area contributed by atoms with Gasteiger partial charge < -0.3 is 10.2 Å². The topological polar surface area (TPSA) is 63.6 Å². The maximum absolute atomic E-state index is 13.3. The standard InChI is InChI=1S/C26H20ClF4N3O2/c1-16(2)36-34-23(15-33-25(35)20-5-3-4-6-21(20)26(29,30)31)24-22(27)13-18(14-32-24)8-7-17-9-11-19(28)12-10-17/h3-6,9-14,16H,15H2,1-2H3,(H,33,35). The van der Waals surface area contributed by atoms with E-state index in [0.29, 0.717) is 11.1 Å². The Hall–Kier alpha value is -3.90. The lowest BCUT2D eigenvalue weighted by atomic mass is 10.1. The second kappa shape index (κ2) is 11.7. The van der Waals surface area contributed by atoms with Crippen LogP contribution in [0.15, 0.2) is 65.9 Å². The van der Waals surface area contributed by atoms with Crippen LogP contribution in [0.3, 0.4) is 0 Å². The molecule has 0 aliphatic carbocycles. The quantitative estimate of drug-likeness (QED) is 0.193. The summed E-state index contributed by atoms with van der Waals surface area (Å²) < 4.78 is 52.9. The number of halogens is 5. The molecule has 0 saturated carbocycles. The van der Waals surface area contributed by atoms with E-state index >= 15 is 0 Å². The summed E-state index contributed by atoms with van der Waals surface area (Å²) in [6, 6.07) is 11.6. The van der Waals surface area contributed by atoms with E-state index in [4.69, 9.17) is 16.4 Å². The molecule has 0 aliphatic rings. The summed E-state index contributed by atoms with van der Waals surface area (Å²) in [7, 11) is 0. The summed E-state index contributed by atoms with van der Waals surface area (Å²) in [5.74, 6) is 4.40. The molecule has 1 amide bonds. The van der Waals surface area contributed by atoms with E-state index in [1.165, 1.54) is 48.7 Å². The number of alkyl halides is 3. The molecule has 0 fully saturated rings. The van der Waals surface area contributed by atoms with Gasteiger partial charge in [0.2, 0.25) is 0 Å². The Balaban J connectivity index is 1.83. The minimum absolute atomic E-state index is 0.101. The minimum atomic E-state index is -4.69. The molecule has 1 aromatic heterocycles. The van der Waals surface area contributed by atoms with Crippen molar-refractivity contribution in [1.82, 2.24) is 10.3 Å². The first-order valence-electron chi connectivity index (χ1n) is 10.6. The van der Waals surface area contributed by atoms with Crippen molar-refractivity contribution in [2.24, 2.45) is 5.16 Å². The number of benzene rings is 2. The molecule has 186 valence electrons. The molecule has 5 nitrogen and oxygen atoms in total. The van der Waals surface area contributed by atoms with Gasteiger partial charge in [-0.2, -0.15) is 13.2 Å². The predicted octanol–water partition coefficient (Wildman–Crippen LogP) is 5.85. The molecule has 3 aromatic rings. The average molecular weight is 518 g/mol. The highest BCUT2D eigenvalue weighted by Crippen LogP contribution is 2.31. The van der Waals surface area contributed by atoms with E-state index in [9.17, 15) is 22.4 Å². The molecule has 0 atom stereocenters. The Labute approximate surface area is 210 Å². The molecule has 1 heterocycles. The van der Waals surface area contributed by atoms with Crippen molar-refractivity contribution in [1.29, 1.82) is 0 Å². The fourth-order valence-corrected chi connectivity index (χ4v) is 3.19. The second-order valence-electron chi connectivity index (χ2n) is 7.73. The van der Waals surface area contributed by atoms with Crippen molar-refractivity contribution >= 4 is 23.2 Å². The number of pyridine rings is 1. The lowest BCUT2D eigenvalue weighted by Crippen LogP contribution is -2.32. The first-order valence-corrected chi connectivity index (χ1v) is 11.0. The number of carbonyl (C=O) groups excluding carboxylic acids is 1. The van der Waals surface area contributed by atoms with Gasteiger partial charge in [0.15, 0.2) is 0 Å². The van der Waals surface area contributed by atoms with Crippen LogP contribution in [0, 0.1) is 17.7 Å². The number of oxime groups is 1. The van der Waals surface area contributed by atoms with Gasteiger partial charge in [-0.3, -0.25) is 9.78 Å². The van der Waals surface area contributed by atoms with Crippen LogP contribution in [0.4, 0.5) is 17.6 Å². The molecule has 0 radical (unpaired) electrons. The molecule has 3 rings (SSSR count). The van der Waals surface area contributed by atoms with E-state index in [-0.39, 0.29) is 34.9 Å². The van der Waals surface area contributed by atoms with Crippen molar-refractivity contribution in [2.75, 3.05) is 6.54 Å². The number of aromatic nitrogens is 1. The van der Waals surface area contributed by atoms with Gasteiger partial charge in [0.1, 0.15) is 23.3 Å². The largest absolute Gasteiger partial charge is 0.417 e. The van der Waals surface area contributed by atoms with Crippen LogP contribution < -0.4 is 5.32 Å². The van der Waals surface area contributed by atoms with Crippen molar-refractivity contribution in [2.45, 2.75) is 26.1 Å². The number of hydrogen-bond acceptors (Lipinski definition) is 4. The molecule has 2 aromatic carbocycles. The Morgan fingerprint density at radius 3 is 2.42 bits per heavy atom. The van der Waals surface area contributed by atoms with Gasteiger partial charge in [-0.25, -0.2) is 4.39 Å². The number of carbonyl (C=O) groups is 1. The first kappa shape index (κ1) is 26.7. The zero-order valence-corrected chi connectivity index (χ0v) is 19.9. The zero-order valence-electron chi connectivity index (χ0n) is 19.2. The summed E-state index contributed by atoms with van der Waals surface area (Å²) in [5, 5.41) is 6.54. The van der Waals surface area contributed by atoms with Crippen molar-refractivity contribution in [3.8, 4) is 11.8 Å². The van der Waals surface area contributed by atoms with Crippen LogP contribution in [0.1, 0.15) is 46.6 Å². The Kier molecular flexibility index (Phi) is 8.67. The third-order valence-corrected chi connectivity index (χ3v) is 4.87. The van der Waals surface area contributed by atoms with Gasteiger partial charge in [0.25, 0.3) is 5.91 Å². The number of nitrogens with zero attached hydrogens (tertiary/aromatic N) is 2. The second-order valence-corrected chi connectivity index (χ2v) is 8.14. The molecule has 0 spiro atoms. The monoisotopic (exact) mass is 517 g/mol. The number of hydrogen-bond donors (Lipinski definition) is 1. The van der Waals surface area contributed by atoms with Crippen LogP contribution >= 0.6 is 11.6 Å². The lowest BCUT2D eigenvalue weighted by Gasteiger charge is -2.14. The Morgan fingerprint density at radius 2 is 1.78 bits per heavy atom. The van der Waals surface area contributed by atoms with Gasteiger partial charge in [0, 0.05) is 17.3 Å². The highest BCUT2D eigenvalue weighted by molar-refractivity contribution is 6.34. The summed E-state index contributed by atoms with van der Waals surface area (Å²) in [4.78, 5) is 22.1. The molecule has 0 unspecified atom stereocenters. The maximum Gasteiger partial charge on any atom is 0.417 e. The molecule has 10 heteroatoms. The van der Waals surface area contributed by atoms with Crippen LogP contribution in [0.25, 0.3) is 0 Å². The van der Waals surface area contributed by atoms with Crippen LogP contribution in [-0.2, 0) is 11.0 Å². The third kappa shape index (κ3) is 7.30. The Bertz CT molecular complexity index is 1330. The molecule has 0 aliphatic heterocycles. The highest BCUT2D eigenvalue weighted by Gasteiger charge is 2.34. The smallest absolute Gasteiger partial charge is 0.393 e. The van der Waals surface area contributed by atoms with Gasteiger partial charge in [-0.1, -0.05) is 40.7 Å². The van der Waals surface area contributed by atoms with Crippen molar-refractivity contribution < 1.29 is 27.2 Å². The molecular weight excluding hydrogens is 498 g/mol. The minimum Gasteiger partial charge on any atom is -0.393 e. The van der Waals surface area contributed by atoms with Crippen molar-refractivity contribution in [3.05, 3.63) is 99.6 Å². The molecule has 36 heavy (non-hydrogen) atoms. The van der Waals surface area contributed by atoms with E-state index in [2.05, 4.69) is 27.3 Å². The van der Waals surface area contributed by atoms with Gasteiger partial charge in [-0.15, -0.1) is 0 Å². The Morgan fingerprint density at radius 1 is 1.11 bits per heavy atom. The number of amides is 1. The van der Waals surface area contributed by atoms with E-state index in [1.807, 2.05) is 0 Å².